The van der Waals surface area contributed by atoms with Crippen LogP contribution in [0.4, 0.5) is 0 Å². The van der Waals surface area contributed by atoms with Crippen molar-refractivity contribution in [2.45, 2.75) is 142 Å². The van der Waals surface area contributed by atoms with Crippen molar-refractivity contribution < 1.29 is 14.0 Å². The summed E-state index contributed by atoms with van der Waals surface area (Å²) in [6.07, 6.45) is 15.1. The predicted octanol–water partition coefficient (Wildman–Crippen LogP) is 9.61. The van der Waals surface area contributed by atoms with Gasteiger partial charge in [-0.25, -0.2) is 0 Å². The van der Waals surface area contributed by atoms with Gasteiger partial charge >= 0.3 is 0 Å². The van der Waals surface area contributed by atoms with Crippen molar-refractivity contribution in [1.82, 2.24) is 0 Å². The first-order chi connectivity index (χ1) is 17.7. The SMILES string of the molecule is C=C1/C(=C/C=C2\CCC[C@@]3(C)C2CC[C@@H]3[C@H](C)C=O)C[C@@H](CC(C)(C)[Si](C)(C)O)C[C@@H]1O[Si](C)(C)C(C)(C)C. The van der Waals surface area contributed by atoms with Gasteiger partial charge in [-0.3, -0.25) is 0 Å². The van der Waals surface area contributed by atoms with Gasteiger partial charge in [0.15, 0.2) is 16.6 Å². The summed E-state index contributed by atoms with van der Waals surface area (Å²) < 4.78 is 7.04. The van der Waals surface area contributed by atoms with E-state index in [4.69, 9.17) is 4.43 Å². The molecule has 39 heavy (non-hydrogen) atoms. The molecule has 3 saturated carbocycles. The molecule has 0 aromatic heterocycles. The van der Waals surface area contributed by atoms with Crippen LogP contribution in [0.3, 0.4) is 0 Å². The minimum atomic E-state index is -2.30. The third kappa shape index (κ3) is 6.84. The molecule has 0 aromatic rings. The van der Waals surface area contributed by atoms with Crippen molar-refractivity contribution in [2.24, 2.45) is 29.1 Å². The van der Waals surface area contributed by atoms with E-state index in [0.29, 0.717) is 17.8 Å². The van der Waals surface area contributed by atoms with Crippen LogP contribution in [0, 0.1) is 29.1 Å². The molecule has 0 bridgehead atoms. The number of aldehydes is 1. The molecule has 0 saturated heterocycles. The highest BCUT2D eigenvalue weighted by Gasteiger charge is 2.51. The number of fused-ring (bicyclic) bond motifs is 1. The van der Waals surface area contributed by atoms with Gasteiger partial charge in [0, 0.05) is 5.92 Å². The third-order valence-electron chi connectivity index (χ3n) is 11.9. The minimum Gasteiger partial charge on any atom is -0.432 e. The van der Waals surface area contributed by atoms with Crippen molar-refractivity contribution in [3.63, 3.8) is 0 Å². The summed E-state index contributed by atoms with van der Waals surface area (Å²) in [6.45, 7) is 29.5. The average Bonchev–Trinajstić information content (AvgIpc) is 3.15. The van der Waals surface area contributed by atoms with Crippen LogP contribution in [-0.2, 0) is 9.22 Å². The first-order valence-electron chi connectivity index (χ1n) is 15.7. The number of hydrogen-bond acceptors (Lipinski definition) is 3. The van der Waals surface area contributed by atoms with Crippen molar-refractivity contribution in [2.75, 3.05) is 0 Å². The fraction of sp³-hybridized carbons (Fsp3) is 0.794. The molecule has 3 aliphatic carbocycles. The Bertz CT molecular complexity index is 977. The molecule has 6 atom stereocenters. The van der Waals surface area contributed by atoms with Crippen LogP contribution in [-0.4, -0.2) is 33.8 Å². The van der Waals surface area contributed by atoms with Gasteiger partial charge in [-0.1, -0.05) is 72.8 Å². The van der Waals surface area contributed by atoms with E-state index in [-0.39, 0.29) is 27.5 Å². The van der Waals surface area contributed by atoms with Crippen molar-refractivity contribution >= 4 is 22.9 Å². The quantitative estimate of drug-likeness (QED) is 0.233. The number of carbonyl (C=O) groups is 1. The molecule has 3 rings (SSSR count). The molecule has 0 spiro atoms. The van der Waals surface area contributed by atoms with Crippen LogP contribution in [0.5, 0.6) is 0 Å². The van der Waals surface area contributed by atoms with Gasteiger partial charge in [0.25, 0.3) is 0 Å². The highest BCUT2D eigenvalue weighted by atomic mass is 28.4. The zero-order chi connectivity index (χ0) is 29.6. The lowest BCUT2D eigenvalue weighted by Crippen LogP contribution is -2.46. The standard InChI is InChI=1S/C34H60O3Si2/c1-24(23-35)29-17-18-30-27(14-13-19-34(29,30)8)15-16-28-20-26(22-33(6,7)38(9,10)36)21-31(25(28)2)37-39(11,12)32(3,4)5/h15-16,23-24,26,29-31,36H,2,13-14,17-22H2,1,3-12H3/b27-15+,28-16+/t24-,26-,29-,30?,31+,34-/m1/s1. The normalized spacial score (nSPS) is 33.9. The molecular weight excluding hydrogens is 513 g/mol. The Labute approximate surface area is 243 Å². The predicted molar refractivity (Wildman–Crippen MR) is 172 cm³/mol. The van der Waals surface area contributed by atoms with Gasteiger partial charge in [-0.05, 0) is 122 Å². The van der Waals surface area contributed by atoms with Gasteiger partial charge in [0.1, 0.15) is 6.29 Å². The lowest BCUT2D eigenvalue weighted by molar-refractivity contribution is -0.113. The van der Waals surface area contributed by atoms with Crippen molar-refractivity contribution in [1.29, 1.82) is 0 Å². The molecular formula is C34H60O3Si2. The third-order valence-corrected chi connectivity index (χ3v) is 19.9. The number of hydrogen-bond donors (Lipinski definition) is 1. The minimum absolute atomic E-state index is 0.0505. The Morgan fingerprint density at radius 1 is 1.13 bits per heavy atom. The second-order valence-corrected chi connectivity index (χ2v) is 25.6. The van der Waals surface area contributed by atoms with Crippen LogP contribution in [0.1, 0.15) is 99.8 Å². The maximum absolute atomic E-state index is 11.7. The first kappa shape index (κ1) is 32.8. The Kier molecular flexibility index (Phi) is 9.65. The summed E-state index contributed by atoms with van der Waals surface area (Å²) in [7, 11) is -4.27. The molecule has 3 aliphatic rings. The summed E-state index contributed by atoms with van der Waals surface area (Å²) in [5.74, 6) is 1.71. The van der Waals surface area contributed by atoms with E-state index in [0.717, 1.165) is 19.3 Å². The molecule has 3 fully saturated rings. The van der Waals surface area contributed by atoms with E-state index in [1.165, 1.54) is 49.5 Å². The molecule has 0 radical (unpaired) electrons. The first-order valence-corrected chi connectivity index (χ1v) is 21.5. The van der Waals surface area contributed by atoms with Crippen molar-refractivity contribution in [3.05, 3.63) is 35.5 Å². The zero-order valence-corrected chi connectivity index (χ0v) is 29.2. The zero-order valence-electron chi connectivity index (χ0n) is 27.2. The van der Waals surface area contributed by atoms with Crippen LogP contribution >= 0.6 is 0 Å². The maximum Gasteiger partial charge on any atom is 0.192 e. The number of allylic oxidation sites excluding steroid dienone is 3. The van der Waals surface area contributed by atoms with E-state index in [1.807, 2.05) is 0 Å². The van der Waals surface area contributed by atoms with Crippen molar-refractivity contribution in [3.8, 4) is 0 Å². The molecule has 3 nitrogen and oxygen atoms in total. The van der Waals surface area contributed by atoms with Crippen LogP contribution in [0.15, 0.2) is 35.5 Å². The second-order valence-electron chi connectivity index (χ2n) is 16.4. The van der Waals surface area contributed by atoms with Crippen LogP contribution in [0.25, 0.3) is 0 Å². The maximum atomic E-state index is 11.7. The molecule has 5 heteroatoms. The van der Waals surface area contributed by atoms with E-state index < -0.39 is 16.6 Å². The molecule has 222 valence electrons. The van der Waals surface area contributed by atoms with Gasteiger partial charge in [0.05, 0.1) is 6.10 Å². The molecule has 0 heterocycles. The second kappa shape index (κ2) is 11.5. The highest BCUT2D eigenvalue weighted by molar-refractivity contribution is 6.74. The fourth-order valence-corrected chi connectivity index (χ4v) is 9.67. The Hall–Kier alpha value is -0.756. The molecule has 0 aliphatic heterocycles. The molecule has 0 aromatic carbocycles. The largest absolute Gasteiger partial charge is 0.432 e. The summed E-state index contributed by atoms with van der Waals surface area (Å²) in [5, 5.41) is 0.0936. The number of rotatable bonds is 8. The highest BCUT2D eigenvalue weighted by Crippen LogP contribution is 2.59. The molecule has 1 unspecified atom stereocenters. The average molecular weight is 573 g/mol. The summed E-state index contributed by atoms with van der Waals surface area (Å²) in [4.78, 5) is 22.8. The Balaban J connectivity index is 1.93. The lowest BCUT2D eigenvalue weighted by Gasteiger charge is -2.45. The van der Waals surface area contributed by atoms with E-state index in [2.05, 4.69) is 93.4 Å². The van der Waals surface area contributed by atoms with Gasteiger partial charge in [-0.2, -0.15) is 0 Å². The summed E-state index contributed by atoms with van der Waals surface area (Å²) in [6, 6.07) is 0. The van der Waals surface area contributed by atoms with E-state index in [1.54, 1.807) is 5.57 Å². The fourth-order valence-electron chi connectivity index (χ4n) is 7.58. The van der Waals surface area contributed by atoms with Gasteiger partial charge in [-0.15, -0.1) is 0 Å². The van der Waals surface area contributed by atoms with Gasteiger partial charge in [0.2, 0.25) is 0 Å². The van der Waals surface area contributed by atoms with E-state index >= 15 is 0 Å². The Morgan fingerprint density at radius 3 is 2.33 bits per heavy atom. The lowest BCUT2D eigenvalue weighted by atomic mass is 9.61. The smallest absolute Gasteiger partial charge is 0.192 e. The topological polar surface area (TPSA) is 46.5 Å². The van der Waals surface area contributed by atoms with Gasteiger partial charge < -0.3 is 14.0 Å². The summed E-state index contributed by atoms with van der Waals surface area (Å²) >= 11 is 0. The molecule has 0 amide bonds. The Morgan fingerprint density at radius 2 is 1.77 bits per heavy atom. The number of carbonyl (C=O) groups excluding carboxylic acids is 1. The summed E-state index contributed by atoms with van der Waals surface area (Å²) in [5.41, 5.74) is 4.34. The molecule has 1 N–H and O–H groups in total. The van der Waals surface area contributed by atoms with E-state index in [9.17, 15) is 9.59 Å². The van der Waals surface area contributed by atoms with Crippen LogP contribution in [0.2, 0.25) is 36.3 Å². The van der Waals surface area contributed by atoms with Crippen LogP contribution < -0.4 is 0 Å². The monoisotopic (exact) mass is 572 g/mol.